The fourth-order valence-electron chi connectivity index (χ4n) is 4.43. The van der Waals surface area contributed by atoms with Crippen molar-refractivity contribution in [2.24, 2.45) is 0 Å². The van der Waals surface area contributed by atoms with Crippen molar-refractivity contribution in [1.29, 1.82) is 0 Å². The van der Waals surface area contributed by atoms with Crippen molar-refractivity contribution in [3.05, 3.63) is 58.7 Å². The molecule has 6 atom stereocenters. The number of hydrogen-bond donors (Lipinski definition) is 1. The molecule has 2 saturated heterocycles. The van der Waals surface area contributed by atoms with Crippen LogP contribution in [0.25, 0.3) is 6.08 Å². The van der Waals surface area contributed by atoms with Gasteiger partial charge in [0.25, 0.3) is 0 Å². The number of aliphatic hydroxyl groups is 1. The summed E-state index contributed by atoms with van der Waals surface area (Å²) >= 11 is 0. The third-order valence-electron chi connectivity index (χ3n) is 5.91. The Bertz CT molecular complexity index is 972. The molecule has 1 aromatic heterocycles. The lowest BCUT2D eigenvalue weighted by atomic mass is 9.77. The van der Waals surface area contributed by atoms with Gasteiger partial charge in [0.2, 0.25) is 0 Å². The lowest BCUT2D eigenvalue weighted by Crippen LogP contribution is -2.65. The first kappa shape index (κ1) is 24.0. The fourth-order valence-corrected chi connectivity index (χ4v) is 4.43. The first-order chi connectivity index (χ1) is 15.1. The fraction of sp³-hybridized carbons (Fsp3) is 0.500. The van der Waals surface area contributed by atoms with Gasteiger partial charge in [-0.05, 0) is 26.3 Å². The van der Waals surface area contributed by atoms with Crippen molar-refractivity contribution in [3.8, 4) is 5.75 Å². The molecule has 3 heterocycles. The van der Waals surface area contributed by atoms with Crippen molar-refractivity contribution in [2.45, 2.75) is 69.7 Å². The number of hydrogen-bond acceptors (Lipinski definition) is 8. The molecule has 0 spiro atoms. The number of aliphatic hydroxyl groups excluding tert-OH is 1. The molecule has 1 N–H and O–H groups in total. The highest BCUT2D eigenvalue weighted by molar-refractivity contribution is 5.66. The molecule has 2 fully saturated rings. The molecular formula is C24H30O8. The van der Waals surface area contributed by atoms with E-state index >= 15 is 0 Å². The summed E-state index contributed by atoms with van der Waals surface area (Å²) in [6, 6.07) is 2.87. The van der Waals surface area contributed by atoms with E-state index in [1.807, 2.05) is 13.8 Å². The Balaban J connectivity index is 1.71. The van der Waals surface area contributed by atoms with Crippen LogP contribution in [0.15, 0.2) is 51.7 Å². The number of ether oxygens (including phenoxy) is 4. The highest BCUT2D eigenvalue weighted by Gasteiger charge is 2.69. The summed E-state index contributed by atoms with van der Waals surface area (Å²) in [5.41, 5.74) is -2.45. The van der Waals surface area contributed by atoms with E-state index in [4.69, 9.17) is 23.4 Å². The van der Waals surface area contributed by atoms with Crippen molar-refractivity contribution in [1.82, 2.24) is 0 Å². The van der Waals surface area contributed by atoms with Crippen molar-refractivity contribution in [3.63, 3.8) is 0 Å². The molecule has 2 bridgehead atoms. The predicted octanol–water partition coefficient (Wildman–Crippen LogP) is 2.79. The Hall–Kier alpha value is -2.68. The van der Waals surface area contributed by atoms with Gasteiger partial charge < -0.3 is 28.5 Å². The van der Waals surface area contributed by atoms with Crippen molar-refractivity contribution in [2.75, 3.05) is 7.11 Å². The molecule has 0 aromatic carbocycles. The second-order valence-electron chi connectivity index (χ2n) is 8.25. The maximum absolute atomic E-state index is 11.7. The average molecular weight is 446 g/mol. The normalized spacial score (nSPS) is 34.6. The third-order valence-corrected chi connectivity index (χ3v) is 5.91. The van der Waals surface area contributed by atoms with Gasteiger partial charge in [-0.3, -0.25) is 4.79 Å². The molecule has 1 unspecified atom stereocenters. The SMILES string of the molecule is CC[C@H]1O[C@]2(C)C(OC(C)=O)[C@@]1(C)O[C@@H](/C=C/C=C/C=C/c1cc(OC)cc(=O)o1)[C@@H]2O. The van der Waals surface area contributed by atoms with Crippen LogP contribution in [0, 0.1) is 0 Å². The smallest absolute Gasteiger partial charge is 0.339 e. The molecule has 32 heavy (non-hydrogen) atoms. The topological polar surface area (TPSA) is 104 Å². The molecule has 2 aliphatic rings. The number of methoxy groups -OCH3 is 1. The largest absolute Gasteiger partial charge is 0.496 e. The molecule has 3 rings (SSSR count). The van der Waals surface area contributed by atoms with Gasteiger partial charge in [0.05, 0.1) is 19.3 Å². The first-order valence-corrected chi connectivity index (χ1v) is 10.6. The molecule has 8 heteroatoms. The van der Waals surface area contributed by atoms with E-state index in [2.05, 4.69) is 0 Å². The van der Waals surface area contributed by atoms with E-state index in [0.29, 0.717) is 17.9 Å². The van der Waals surface area contributed by atoms with Gasteiger partial charge in [-0.25, -0.2) is 4.79 Å². The molecular weight excluding hydrogens is 416 g/mol. The number of rotatable bonds is 7. The summed E-state index contributed by atoms with van der Waals surface area (Å²) in [7, 11) is 1.48. The minimum Gasteiger partial charge on any atom is -0.496 e. The van der Waals surface area contributed by atoms with Crippen LogP contribution in [-0.2, 0) is 19.0 Å². The number of carbonyl (C=O) groups excluding carboxylic acids is 1. The summed E-state index contributed by atoms with van der Waals surface area (Å²) in [6.45, 7) is 6.90. The summed E-state index contributed by atoms with van der Waals surface area (Å²) in [5, 5.41) is 11.0. The number of carbonyl (C=O) groups is 1. The molecule has 8 nitrogen and oxygen atoms in total. The van der Waals surface area contributed by atoms with Crippen molar-refractivity contribution < 1.29 is 33.3 Å². The minimum absolute atomic E-state index is 0.319. The molecule has 0 radical (unpaired) electrons. The summed E-state index contributed by atoms with van der Waals surface area (Å²) in [5.74, 6) is 0.342. The van der Waals surface area contributed by atoms with E-state index in [9.17, 15) is 14.7 Å². The van der Waals surface area contributed by atoms with Crippen LogP contribution in [0.2, 0.25) is 0 Å². The molecule has 0 amide bonds. The Morgan fingerprint density at radius 2 is 1.88 bits per heavy atom. The second kappa shape index (κ2) is 9.44. The van der Waals surface area contributed by atoms with Crippen LogP contribution in [0.4, 0.5) is 0 Å². The zero-order chi connectivity index (χ0) is 23.5. The van der Waals surface area contributed by atoms with E-state index in [0.717, 1.165) is 0 Å². The van der Waals surface area contributed by atoms with Gasteiger partial charge in [-0.1, -0.05) is 37.3 Å². The number of fused-ring (bicyclic) bond motifs is 2. The summed E-state index contributed by atoms with van der Waals surface area (Å²) < 4.78 is 28.0. The molecule has 1 aromatic rings. The van der Waals surface area contributed by atoms with Gasteiger partial charge in [-0.2, -0.15) is 0 Å². The highest BCUT2D eigenvalue weighted by atomic mass is 16.7. The second-order valence-corrected chi connectivity index (χ2v) is 8.25. The van der Waals surface area contributed by atoms with Crippen LogP contribution in [0.5, 0.6) is 5.75 Å². The van der Waals surface area contributed by atoms with E-state index in [1.54, 1.807) is 49.4 Å². The highest BCUT2D eigenvalue weighted by Crippen LogP contribution is 2.51. The van der Waals surface area contributed by atoms with Gasteiger partial charge >= 0.3 is 11.6 Å². The Labute approximate surface area is 187 Å². The average Bonchev–Trinajstić information content (AvgIpc) is 2.90. The first-order valence-electron chi connectivity index (χ1n) is 10.6. The van der Waals surface area contributed by atoms with Gasteiger partial charge in [0.1, 0.15) is 34.9 Å². The zero-order valence-electron chi connectivity index (χ0n) is 18.9. The lowest BCUT2D eigenvalue weighted by molar-refractivity contribution is -0.235. The van der Waals surface area contributed by atoms with Crippen LogP contribution >= 0.6 is 0 Å². The Morgan fingerprint density at radius 3 is 2.53 bits per heavy atom. The number of allylic oxidation sites excluding steroid dienone is 4. The molecule has 0 aliphatic carbocycles. The minimum atomic E-state index is -1.08. The van der Waals surface area contributed by atoms with Crippen LogP contribution in [0.1, 0.15) is 39.9 Å². The van der Waals surface area contributed by atoms with E-state index in [-0.39, 0.29) is 6.10 Å². The molecule has 0 saturated carbocycles. The van der Waals surface area contributed by atoms with Crippen LogP contribution in [0.3, 0.4) is 0 Å². The van der Waals surface area contributed by atoms with E-state index in [1.165, 1.54) is 20.1 Å². The predicted molar refractivity (Wildman–Crippen MR) is 117 cm³/mol. The third kappa shape index (κ3) is 4.57. The van der Waals surface area contributed by atoms with Gasteiger partial charge in [0.15, 0.2) is 6.10 Å². The van der Waals surface area contributed by atoms with E-state index < -0.39 is 41.1 Å². The Morgan fingerprint density at radius 1 is 1.16 bits per heavy atom. The van der Waals surface area contributed by atoms with Gasteiger partial charge in [-0.15, -0.1) is 0 Å². The molecule has 174 valence electrons. The maximum Gasteiger partial charge on any atom is 0.339 e. The summed E-state index contributed by atoms with van der Waals surface area (Å²) in [4.78, 5) is 23.1. The maximum atomic E-state index is 11.7. The monoisotopic (exact) mass is 446 g/mol. The zero-order valence-corrected chi connectivity index (χ0v) is 18.9. The Kier molecular flexibility index (Phi) is 7.07. The lowest BCUT2D eigenvalue weighted by Gasteiger charge is -2.47. The van der Waals surface area contributed by atoms with Crippen molar-refractivity contribution >= 4 is 12.0 Å². The standard InChI is InChI=1S/C24H30O8/c1-6-19-23(3)22(29-15(2)25)24(4,32-19)21(27)18(31-23)12-10-8-7-9-11-16-13-17(28-5)14-20(26)30-16/h7-14,18-19,21-22,27H,6H2,1-5H3/b8-7+,11-9+,12-10+/t18-,19+,21-,22?,23-,24-/m0/s1. The quantitative estimate of drug-likeness (QED) is 0.504. The molecule has 2 aliphatic heterocycles. The summed E-state index contributed by atoms with van der Waals surface area (Å²) in [6.07, 6.45) is 8.28. The van der Waals surface area contributed by atoms with Crippen LogP contribution < -0.4 is 10.4 Å². The van der Waals surface area contributed by atoms with Gasteiger partial charge in [0, 0.05) is 13.0 Å². The van der Waals surface area contributed by atoms with Crippen LogP contribution in [-0.4, -0.2) is 53.8 Å². The number of esters is 1.